The maximum atomic E-state index is 14.9. The van der Waals surface area contributed by atoms with Gasteiger partial charge in [0.25, 0.3) is 10.0 Å². The number of fused-ring (bicyclic) bond motifs is 6. The first kappa shape index (κ1) is 22.3. The van der Waals surface area contributed by atoms with Crippen LogP contribution in [-0.4, -0.2) is 31.6 Å². The molecule has 0 unspecified atom stereocenters. The molecule has 2 heterocycles. The van der Waals surface area contributed by atoms with Crippen LogP contribution in [-0.2, 0) is 21.4 Å². The molecule has 0 saturated heterocycles. The number of hydrogen-bond donors (Lipinski definition) is 2. The van der Waals surface area contributed by atoms with Gasteiger partial charge < -0.3 is 14.6 Å². The van der Waals surface area contributed by atoms with Crippen LogP contribution < -0.4 is 9.46 Å². The molecule has 3 aromatic rings. The Balaban J connectivity index is 2.02. The lowest BCUT2D eigenvalue weighted by Crippen LogP contribution is -2.15. The molecule has 4 rings (SSSR count). The van der Waals surface area contributed by atoms with Crippen molar-refractivity contribution in [2.45, 2.75) is 11.5 Å². The van der Waals surface area contributed by atoms with Gasteiger partial charge in [0.2, 0.25) is 5.88 Å². The van der Waals surface area contributed by atoms with E-state index in [2.05, 4.69) is 25.6 Å². The first-order chi connectivity index (χ1) is 15.1. The lowest BCUT2D eigenvalue weighted by molar-refractivity contribution is 0.0472. The van der Waals surface area contributed by atoms with Crippen LogP contribution in [0.5, 0.6) is 11.6 Å². The topological polar surface area (TPSA) is 115 Å². The van der Waals surface area contributed by atoms with Crippen LogP contribution in [0.4, 0.5) is 10.1 Å². The molecule has 0 fully saturated rings. The highest BCUT2D eigenvalue weighted by Gasteiger charge is 2.27. The number of esters is 1. The van der Waals surface area contributed by atoms with Crippen LogP contribution in [0.15, 0.2) is 45.9 Å². The van der Waals surface area contributed by atoms with Crippen molar-refractivity contribution in [1.29, 1.82) is 0 Å². The van der Waals surface area contributed by atoms with E-state index >= 15 is 0 Å². The van der Waals surface area contributed by atoms with Gasteiger partial charge in [-0.25, -0.2) is 22.6 Å². The Morgan fingerprint density at radius 3 is 2.72 bits per heavy atom. The zero-order chi connectivity index (χ0) is 23.2. The van der Waals surface area contributed by atoms with Crippen molar-refractivity contribution in [3.05, 3.63) is 63.0 Å². The number of methoxy groups -OCH3 is 1. The Morgan fingerprint density at radius 1 is 1.25 bits per heavy atom. The Labute approximate surface area is 195 Å². The van der Waals surface area contributed by atoms with Crippen molar-refractivity contribution >= 4 is 49.2 Å². The van der Waals surface area contributed by atoms with E-state index in [9.17, 15) is 22.7 Å². The maximum Gasteiger partial charge on any atom is 0.338 e. The number of ether oxygens (including phenoxy) is 2. The van der Waals surface area contributed by atoms with E-state index in [0.717, 1.165) is 12.1 Å². The Morgan fingerprint density at radius 2 is 2.00 bits per heavy atom. The molecule has 8 nitrogen and oxygen atoms in total. The van der Waals surface area contributed by atoms with Gasteiger partial charge in [0, 0.05) is 23.4 Å². The lowest BCUT2D eigenvalue weighted by atomic mass is 10.0. The summed E-state index contributed by atoms with van der Waals surface area (Å²) >= 11 is 9.14. The predicted molar refractivity (Wildman–Crippen MR) is 117 cm³/mol. The summed E-state index contributed by atoms with van der Waals surface area (Å²) in [5, 5.41) is 10.1. The van der Waals surface area contributed by atoms with Crippen molar-refractivity contribution in [3.8, 4) is 22.8 Å². The average molecular weight is 544 g/mol. The highest BCUT2D eigenvalue weighted by molar-refractivity contribution is 9.10. The lowest BCUT2D eigenvalue weighted by Gasteiger charge is -2.15. The van der Waals surface area contributed by atoms with Crippen LogP contribution in [0.1, 0.15) is 15.9 Å². The molecular formula is C20H13BrClFN2O6S. The average Bonchev–Trinajstić information content (AvgIpc) is 2.75. The first-order valence-corrected chi connectivity index (χ1v) is 11.5. The number of aromatic hydroxyl groups is 1. The van der Waals surface area contributed by atoms with E-state index in [1.54, 1.807) is 0 Å². The number of rotatable bonds is 1. The highest BCUT2D eigenvalue weighted by atomic mass is 79.9. The molecule has 1 aromatic heterocycles. The van der Waals surface area contributed by atoms with Crippen molar-refractivity contribution < 1.29 is 32.2 Å². The second kappa shape index (κ2) is 8.23. The second-order valence-electron chi connectivity index (χ2n) is 6.68. The quantitative estimate of drug-likeness (QED) is 0.435. The summed E-state index contributed by atoms with van der Waals surface area (Å²) in [4.78, 5) is 16.1. The molecule has 0 saturated carbocycles. The third-order valence-electron chi connectivity index (χ3n) is 4.67. The number of anilines is 1. The molecule has 0 aliphatic carbocycles. The number of cyclic esters (lactones) is 1. The zero-order valence-electron chi connectivity index (χ0n) is 16.1. The Hall–Kier alpha value is -2.89. The van der Waals surface area contributed by atoms with Gasteiger partial charge in [-0.05, 0) is 45.8 Å². The summed E-state index contributed by atoms with van der Waals surface area (Å²) in [6, 6.07) is 5.76. The number of hydrogen-bond acceptors (Lipinski definition) is 7. The molecule has 0 amide bonds. The van der Waals surface area contributed by atoms with E-state index < -0.39 is 32.5 Å². The molecule has 0 spiro atoms. The number of benzene rings is 2. The van der Waals surface area contributed by atoms with Crippen molar-refractivity contribution in [1.82, 2.24) is 4.98 Å². The standard InChI is InChI=1S/C20H13BrClFN2O6S/c1-30-18-5-11-10(7-24-18)8-31-20(27)9-2-13(21)19(26)17(3-9)32(28,29)25-16-4-12(11)15(23)6-14(16)22/h2-7,25-26H,8H2,1H3. The number of nitrogens with zero attached hydrogens (tertiary/aromatic N) is 1. The SMILES string of the molecule is COc1cc2c(cn1)COC(=O)c1cc(Br)c(O)c(c1)S(=O)(=O)Nc1cc-2c(F)cc1Cl. The molecule has 2 N–H and O–H groups in total. The van der Waals surface area contributed by atoms with Gasteiger partial charge in [0.1, 0.15) is 23.1 Å². The van der Waals surface area contributed by atoms with Crippen LogP contribution in [0, 0.1) is 5.82 Å². The summed E-state index contributed by atoms with van der Waals surface area (Å²) in [5.41, 5.74) is 0.287. The third-order valence-corrected chi connectivity index (χ3v) is 6.97. The van der Waals surface area contributed by atoms with Crippen LogP contribution in [0.25, 0.3) is 11.1 Å². The molecule has 1 aliphatic rings. The fraction of sp³-hybridized carbons (Fsp3) is 0.100. The minimum atomic E-state index is -4.44. The zero-order valence-corrected chi connectivity index (χ0v) is 19.3. The van der Waals surface area contributed by atoms with E-state index in [0.29, 0.717) is 5.56 Å². The number of carbonyl (C=O) groups excluding carboxylic acids is 1. The predicted octanol–water partition coefficient (Wildman–Crippen LogP) is 4.49. The molecule has 12 heteroatoms. The van der Waals surface area contributed by atoms with Crippen LogP contribution in [0.2, 0.25) is 5.02 Å². The summed E-state index contributed by atoms with van der Waals surface area (Å²) in [7, 11) is -3.06. The summed E-state index contributed by atoms with van der Waals surface area (Å²) in [6.45, 7) is -0.295. The summed E-state index contributed by atoms with van der Waals surface area (Å²) < 4.78 is 53.5. The molecule has 0 atom stereocenters. The highest BCUT2D eigenvalue weighted by Crippen LogP contribution is 2.38. The van der Waals surface area contributed by atoms with Gasteiger partial charge in [-0.15, -0.1) is 0 Å². The Bertz CT molecular complexity index is 1380. The van der Waals surface area contributed by atoms with Gasteiger partial charge in [0.15, 0.2) is 0 Å². The monoisotopic (exact) mass is 542 g/mol. The van der Waals surface area contributed by atoms with Gasteiger partial charge in [0.05, 0.1) is 27.9 Å². The van der Waals surface area contributed by atoms with E-state index in [1.165, 1.54) is 31.5 Å². The van der Waals surface area contributed by atoms with Crippen molar-refractivity contribution in [3.63, 3.8) is 0 Å². The molecule has 2 aromatic carbocycles. The van der Waals surface area contributed by atoms with Gasteiger partial charge in [-0.2, -0.15) is 0 Å². The van der Waals surface area contributed by atoms with E-state index in [1.807, 2.05) is 0 Å². The fourth-order valence-electron chi connectivity index (χ4n) is 3.10. The number of carbonyl (C=O) groups is 1. The third kappa shape index (κ3) is 3.98. The normalized spacial score (nSPS) is 14.7. The number of sulfonamides is 1. The van der Waals surface area contributed by atoms with Crippen molar-refractivity contribution in [2.75, 3.05) is 11.8 Å². The van der Waals surface area contributed by atoms with Gasteiger partial charge in [-0.3, -0.25) is 4.72 Å². The van der Waals surface area contributed by atoms with Gasteiger partial charge in [-0.1, -0.05) is 11.6 Å². The summed E-state index contributed by atoms with van der Waals surface area (Å²) in [6.07, 6.45) is 1.36. The summed E-state index contributed by atoms with van der Waals surface area (Å²) in [5.74, 6) is -2.08. The number of pyridine rings is 1. The molecule has 1 aliphatic heterocycles. The number of phenols is 1. The first-order valence-electron chi connectivity index (χ1n) is 8.85. The number of aromatic nitrogens is 1. The minimum absolute atomic E-state index is 0.0322. The van der Waals surface area contributed by atoms with Crippen molar-refractivity contribution in [2.24, 2.45) is 0 Å². The second-order valence-corrected chi connectivity index (χ2v) is 9.59. The van der Waals surface area contributed by atoms with E-state index in [4.69, 9.17) is 21.1 Å². The number of nitrogens with one attached hydrogen (secondary N) is 1. The van der Waals surface area contributed by atoms with Crippen LogP contribution >= 0.6 is 27.5 Å². The van der Waals surface area contributed by atoms with E-state index in [-0.39, 0.29) is 44.4 Å². The minimum Gasteiger partial charge on any atom is -0.505 e. The van der Waals surface area contributed by atoms with Gasteiger partial charge >= 0.3 is 5.97 Å². The number of phenolic OH excluding ortho intramolecular Hbond substituents is 1. The van der Waals surface area contributed by atoms with Crippen LogP contribution in [0.3, 0.4) is 0 Å². The molecule has 166 valence electrons. The molecule has 32 heavy (non-hydrogen) atoms. The molecule has 4 bridgehead atoms. The number of halogens is 3. The largest absolute Gasteiger partial charge is 0.505 e. The maximum absolute atomic E-state index is 14.9. The molecule has 0 radical (unpaired) electrons. The smallest absolute Gasteiger partial charge is 0.338 e. The molecular weight excluding hydrogens is 531 g/mol. The fourth-order valence-corrected chi connectivity index (χ4v) is 5.16. The Kier molecular flexibility index (Phi) is 5.74.